The van der Waals surface area contributed by atoms with Gasteiger partial charge in [0.05, 0.1) is 11.5 Å². The highest BCUT2D eigenvalue weighted by Gasteiger charge is 2.31. The van der Waals surface area contributed by atoms with Crippen LogP contribution in [0.2, 0.25) is 0 Å². The first-order chi connectivity index (χ1) is 11.2. The Kier molecular flexibility index (Phi) is 8.92. The van der Waals surface area contributed by atoms with Crippen molar-refractivity contribution in [2.75, 3.05) is 26.4 Å². The van der Waals surface area contributed by atoms with Crippen LogP contribution in [0.3, 0.4) is 0 Å². The van der Waals surface area contributed by atoms with Gasteiger partial charge in [0.15, 0.2) is 0 Å². The summed E-state index contributed by atoms with van der Waals surface area (Å²) in [6.45, 7) is 0.915. The van der Waals surface area contributed by atoms with Crippen LogP contribution in [-0.4, -0.2) is 31.3 Å². The summed E-state index contributed by atoms with van der Waals surface area (Å²) in [5, 5.41) is 9.96. The monoisotopic (exact) mass is 360 g/mol. The van der Waals surface area contributed by atoms with Gasteiger partial charge in [0, 0.05) is 4.90 Å². The Balaban J connectivity index is 0.00000288. The molecule has 0 amide bonds. The van der Waals surface area contributed by atoms with Crippen LogP contribution >= 0.6 is 24.2 Å². The minimum absolute atomic E-state index is 0. The molecule has 2 nitrogen and oxygen atoms in total. The van der Waals surface area contributed by atoms with Gasteiger partial charge in [0.2, 0.25) is 0 Å². The van der Waals surface area contributed by atoms with E-state index in [0.29, 0.717) is 0 Å². The maximum Gasteiger partial charge on any atom is 0.0842 e. The molecule has 0 aliphatic heterocycles. The number of halogens is 1. The van der Waals surface area contributed by atoms with E-state index in [1.54, 1.807) is 0 Å². The summed E-state index contributed by atoms with van der Waals surface area (Å²) < 4.78 is 0. The molecule has 2 aromatic carbocycles. The SMILES string of the molecule is CN(C)CCC(C#N)(CCSc1ccccc1)c1ccccc1.Cl. The molecule has 0 aromatic heterocycles. The van der Waals surface area contributed by atoms with Crippen LogP contribution in [0, 0.1) is 11.3 Å². The van der Waals surface area contributed by atoms with Crippen molar-refractivity contribution >= 4 is 24.2 Å². The van der Waals surface area contributed by atoms with E-state index in [1.165, 1.54) is 4.90 Å². The summed E-state index contributed by atoms with van der Waals surface area (Å²) >= 11 is 1.83. The summed E-state index contributed by atoms with van der Waals surface area (Å²) in [6.07, 6.45) is 1.72. The highest BCUT2D eigenvalue weighted by atomic mass is 35.5. The lowest BCUT2D eigenvalue weighted by molar-refractivity contribution is 0.348. The molecule has 2 aromatic rings. The number of nitrogens with zero attached hydrogens (tertiary/aromatic N) is 2. The number of benzene rings is 2. The van der Waals surface area contributed by atoms with Crippen molar-refractivity contribution < 1.29 is 0 Å². The summed E-state index contributed by atoms with van der Waals surface area (Å²) in [5.74, 6) is 0.944. The van der Waals surface area contributed by atoms with E-state index in [9.17, 15) is 5.26 Å². The molecule has 24 heavy (non-hydrogen) atoms. The Morgan fingerprint density at radius 3 is 2.08 bits per heavy atom. The first-order valence-corrected chi connectivity index (χ1v) is 8.94. The zero-order valence-corrected chi connectivity index (χ0v) is 15.9. The minimum Gasteiger partial charge on any atom is -0.309 e. The van der Waals surface area contributed by atoms with Crippen molar-refractivity contribution in [2.24, 2.45) is 0 Å². The first-order valence-electron chi connectivity index (χ1n) is 7.96. The molecule has 0 radical (unpaired) electrons. The van der Waals surface area contributed by atoms with Crippen molar-refractivity contribution in [3.63, 3.8) is 0 Å². The lowest BCUT2D eigenvalue weighted by Crippen LogP contribution is -2.30. The molecule has 0 fully saturated rings. The topological polar surface area (TPSA) is 27.0 Å². The smallest absolute Gasteiger partial charge is 0.0842 e. The average Bonchev–Trinajstić information content (AvgIpc) is 2.60. The third-order valence-corrected chi connectivity index (χ3v) is 5.08. The Bertz CT molecular complexity index is 625. The highest BCUT2D eigenvalue weighted by Crippen LogP contribution is 2.34. The standard InChI is InChI=1S/C20H24N2S.ClH/c1-22(2)15-13-20(17-21,18-9-5-3-6-10-18)14-16-23-19-11-7-4-8-12-19;/h3-12H,13-16H2,1-2H3;1H. The molecule has 0 bridgehead atoms. The predicted molar refractivity (Wildman–Crippen MR) is 106 cm³/mol. The van der Waals surface area contributed by atoms with Crippen molar-refractivity contribution in [1.29, 1.82) is 5.26 Å². The van der Waals surface area contributed by atoms with E-state index < -0.39 is 5.41 Å². The Morgan fingerprint density at radius 2 is 1.54 bits per heavy atom. The van der Waals surface area contributed by atoms with Gasteiger partial charge in [0.1, 0.15) is 0 Å². The third-order valence-electron chi connectivity index (χ3n) is 4.07. The molecule has 0 saturated carbocycles. The fourth-order valence-electron chi connectivity index (χ4n) is 2.62. The lowest BCUT2D eigenvalue weighted by atomic mass is 9.76. The number of thioether (sulfide) groups is 1. The average molecular weight is 361 g/mol. The molecule has 0 heterocycles. The van der Waals surface area contributed by atoms with E-state index in [1.807, 2.05) is 36.0 Å². The molecule has 4 heteroatoms. The van der Waals surface area contributed by atoms with Crippen molar-refractivity contribution in [2.45, 2.75) is 23.2 Å². The second-order valence-corrected chi connectivity index (χ2v) is 7.19. The first kappa shape index (κ1) is 20.6. The van der Waals surface area contributed by atoms with E-state index in [4.69, 9.17) is 0 Å². The normalized spacial score (nSPS) is 12.9. The fraction of sp³-hybridized carbons (Fsp3) is 0.350. The van der Waals surface area contributed by atoms with Crippen molar-refractivity contribution in [3.8, 4) is 6.07 Å². The van der Waals surface area contributed by atoms with Gasteiger partial charge in [0.25, 0.3) is 0 Å². The Hall–Kier alpha value is -1.47. The van der Waals surface area contributed by atoms with Crippen molar-refractivity contribution in [1.82, 2.24) is 4.90 Å². The number of hydrogen-bond acceptors (Lipinski definition) is 3. The van der Waals surface area contributed by atoms with E-state index in [0.717, 1.165) is 30.7 Å². The quantitative estimate of drug-likeness (QED) is 0.619. The zero-order chi connectivity index (χ0) is 16.5. The highest BCUT2D eigenvalue weighted by molar-refractivity contribution is 7.99. The minimum atomic E-state index is -0.409. The summed E-state index contributed by atoms with van der Waals surface area (Å²) in [4.78, 5) is 3.42. The van der Waals surface area contributed by atoms with Gasteiger partial charge < -0.3 is 4.90 Å². The molecule has 0 aliphatic rings. The fourth-order valence-corrected chi connectivity index (χ4v) is 3.66. The lowest BCUT2D eigenvalue weighted by Gasteiger charge is -2.28. The third kappa shape index (κ3) is 5.87. The van der Waals surface area contributed by atoms with Crippen LogP contribution in [0.1, 0.15) is 18.4 Å². The van der Waals surface area contributed by atoms with Gasteiger partial charge in [-0.1, -0.05) is 48.5 Å². The molecule has 1 unspecified atom stereocenters. The molecule has 1 atom stereocenters. The summed E-state index contributed by atoms with van der Waals surface area (Å²) in [6, 6.07) is 23.3. The molecule has 0 spiro atoms. The Labute approximate surface area is 156 Å². The van der Waals surface area contributed by atoms with Crippen LogP contribution in [-0.2, 0) is 5.41 Å². The van der Waals surface area contributed by atoms with Gasteiger partial charge in [-0.3, -0.25) is 0 Å². The van der Waals surface area contributed by atoms with Gasteiger partial charge in [-0.25, -0.2) is 0 Å². The van der Waals surface area contributed by atoms with Gasteiger partial charge in [-0.05, 0) is 56.9 Å². The molecular weight excluding hydrogens is 336 g/mol. The second-order valence-electron chi connectivity index (χ2n) is 6.02. The number of nitriles is 1. The number of rotatable bonds is 8. The van der Waals surface area contributed by atoms with Crippen LogP contribution in [0.25, 0.3) is 0 Å². The molecular formula is C20H25ClN2S. The van der Waals surface area contributed by atoms with Crippen LogP contribution in [0.15, 0.2) is 65.6 Å². The molecule has 0 aliphatic carbocycles. The van der Waals surface area contributed by atoms with Crippen LogP contribution < -0.4 is 0 Å². The van der Waals surface area contributed by atoms with Gasteiger partial charge in [-0.2, -0.15) is 5.26 Å². The molecule has 0 N–H and O–H groups in total. The van der Waals surface area contributed by atoms with E-state index in [2.05, 4.69) is 61.5 Å². The largest absolute Gasteiger partial charge is 0.309 e. The van der Waals surface area contributed by atoms with Gasteiger partial charge >= 0.3 is 0 Å². The maximum atomic E-state index is 9.96. The van der Waals surface area contributed by atoms with E-state index >= 15 is 0 Å². The zero-order valence-electron chi connectivity index (χ0n) is 14.3. The number of hydrogen-bond donors (Lipinski definition) is 0. The molecule has 128 valence electrons. The Morgan fingerprint density at radius 1 is 0.958 bits per heavy atom. The van der Waals surface area contributed by atoms with Crippen LogP contribution in [0.5, 0.6) is 0 Å². The van der Waals surface area contributed by atoms with Gasteiger partial charge in [-0.15, -0.1) is 24.2 Å². The predicted octanol–water partition coefficient (Wildman–Crippen LogP) is 5.00. The van der Waals surface area contributed by atoms with E-state index in [-0.39, 0.29) is 12.4 Å². The maximum absolute atomic E-state index is 9.96. The summed E-state index contributed by atoms with van der Waals surface area (Å²) in [7, 11) is 4.12. The molecule has 0 saturated heterocycles. The molecule has 2 rings (SSSR count). The summed E-state index contributed by atoms with van der Waals surface area (Å²) in [5.41, 5.74) is 0.728. The van der Waals surface area contributed by atoms with Crippen molar-refractivity contribution in [3.05, 3.63) is 66.2 Å². The van der Waals surface area contributed by atoms with Crippen LogP contribution in [0.4, 0.5) is 0 Å². The second kappa shape index (κ2) is 10.4.